The molecule has 2 saturated heterocycles. The number of rotatable bonds is 4. The zero-order valence-electron chi connectivity index (χ0n) is 18.8. The first-order chi connectivity index (χ1) is 16.0. The van der Waals surface area contributed by atoms with Crippen LogP contribution < -0.4 is 5.32 Å². The number of likely N-dealkylation sites (tertiary alicyclic amines) is 2. The minimum Gasteiger partial charge on any atom is -0.321 e. The van der Waals surface area contributed by atoms with Crippen molar-refractivity contribution in [2.45, 2.75) is 32.7 Å². The number of hydrogen-bond donors (Lipinski definition) is 1. The Morgan fingerprint density at radius 2 is 1.82 bits per heavy atom. The second-order valence-corrected chi connectivity index (χ2v) is 9.76. The monoisotopic (exact) mass is 458 g/mol. The lowest BCUT2D eigenvalue weighted by atomic mass is 10.0. The Balaban J connectivity index is 1.42. The summed E-state index contributed by atoms with van der Waals surface area (Å²) in [6.45, 7) is 7.76. The van der Waals surface area contributed by atoms with Crippen LogP contribution in [0.4, 0.5) is 9.93 Å². The molecule has 0 unspecified atom stereocenters. The van der Waals surface area contributed by atoms with E-state index in [4.69, 9.17) is 4.98 Å². The quantitative estimate of drug-likeness (QED) is 0.614. The smallest absolute Gasteiger partial charge is 0.321 e. The number of carbonyl (C=O) groups is 1. The van der Waals surface area contributed by atoms with Crippen molar-refractivity contribution in [3.05, 3.63) is 53.3 Å². The summed E-state index contributed by atoms with van der Waals surface area (Å²) in [5, 5.41) is 12.9. The van der Waals surface area contributed by atoms with Gasteiger partial charge in [0, 0.05) is 36.1 Å². The third-order valence-electron chi connectivity index (χ3n) is 6.26. The van der Waals surface area contributed by atoms with Gasteiger partial charge in [0.2, 0.25) is 0 Å². The van der Waals surface area contributed by atoms with Crippen molar-refractivity contribution in [3.63, 3.8) is 0 Å². The van der Waals surface area contributed by atoms with E-state index in [1.807, 2.05) is 49.1 Å². The lowest BCUT2D eigenvalue weighted by Gasteiger charge is -2.43. The van der Waals surface area contributed by atoms with Crippen molar-refractivity contribution in [3.8, 4) is 27.8 Å². The van der Waals surface area contributed by atoms with Crippen molar-refractivity contribution in [1.29, 1.82) is 5.26 Å². The van der Waals surface area contributed by atoms with Crippen molar-refractivity contribution in [2.75, 3.05) is 31.5 Å². The van der Waals surface area contributed by atoms with Gasteiger partial charge in [0.1, 0.15) is 0 Å². The first-order valence-electron chi connectivity index (χ1n) is 11.3. The number of aromatic nitrogens is 2. The van der Waals surface area contributed by atoms with E-state index < -0.39 is 0 Å². The SMILES string of the molecule is Cc1cc(-c2sc(NC(=O)N3CC(N4CCCC4)C3)nc2-c2cccc(C#N)c2)cc(C)n1. The molecular weight excluding hydrogens is 432 g/mol. The Bertz CT molecular complexity index is 1210. The van der Waals surface area contributed by atoms with Crippen LogP contribution in [0.3, 0.4) is 0 Å². The molecular formula is C25H26N6OS. The normalized spacial score (nSPS) is 16.5. The minimum atomic E-state index is -0.106. The number of urea groups is 1. The second kappa shape index (κ2) is 8.93. The molecule has 2 aliphatic rings. The van der Waals surface area contributed by atoms with Gasteiger partial charge < -0.3 is 4.90 Å². The van der Waals surface area contributed by atoms with E-state index in [1.54, 1.807) is 6.07 Å². The van der Waals surface area contributed by atoms with E-state index in [0.717, 1.165) is 59.3 Å². The maximum Gasteiger partial charge on any atom is 0.323 e. The first-order valence-corrected chi connectivity index (χ1v) is 12.1. The van der Waals surface area contributed by atoms with Gasteiger partial charge >= 0.3 is 6.03 Å². The number of amides is 2. The topological polar surface area (TPSA) is 85.2 Å². The van der Waals surface area contributed by atoms with Gasteiger partial charge in [-0.15, -0.1) is 0 Å². The number of anilines is 1. The van der Waals surface area contributed by atoms with E-state index in [-0.39, 0.29) is 6.03 Å². The van der Waals surface area contributed by atoms with E-state index in [0.29, 0.717) is 16.7 Å². The van der Waals surface area contributed by atoms with Gasteiger partial charge in [0.15, 0.2) is 5.13 Å². The highest BCUT2D eigenvalue weighted by Gasteiger charge is 2.36. The molecule has 1 N–H and O–H groups in total. The van der Waals surface area contributed by atoms with Gasteiger partial charge in [-0.1, -0.05) is 23.5 Å². The summed E-state index contributed by atoms with van der Waals surface area (Å²) in [5.41, 5.74) is 5.05. The number of nitrogens with one attached hydrogen (secondary N) is 1. The molecule has 0 bridgehead atoms. The Morgan fingerprint density at radius 1 is 1.09 bits per heavy atom. The summed E-state index contributed by atoms with van der Waals surface area (Å²) < 4.78 is 0. The molecule has 3 aromatic rings. The molecule has 2 amide bonds. The molecule has 4 heterocycles. The second-order valence-electron chi connectivity index (χ2n) is 8.76. The summed E-state index contributed by atoms with van der Waals surface area (Å²) in [5.74, 6) is 0. The highest BCUT2D eigenvalue weighted by atomic mass is 32.1. The molecule has 1 aromatic carbocycles. The Morgan fingerprint density at radius 3 is 2.52 bits per heavy atom. The van der Waals surface area contributed by atoms with E-state index in [9.17, 15) is 10.1 Å². The molecule has 0 aliphatic carbocycles. The zero-order chi connectivity index (χ0) is 22.9. The van der Waals surface area contributed by atoms with Gasteiger partial charge in [0.25, 0.3) is 0 Å². The third-order valence-corrected chi connectivity index (χ3v) is 7.28. The standard InChI is InChI=1S/C25H26N6OS/c1-16-10-20(11-17(2)27-16)23-22(19-7-5-6-18(12-19)13-26)28-24(33-23)29-25(32)31-14-21(15-31)30-8-3-4-9-30/h5-7,10-12,21H,3-4,8-9,14-15H2,1-2H3,(H,28,29,32). The lowest BCUT2D eigenvalue weighted by Crippen LogP contribution is -2.61. The number of nitrogens with zero attached hydrogens (tertiary/aromatic N) is 5. The molecule has 5 rings (SSSR count). The number of aryl methyl sites for hydroxylation is 2. The van der Waals surface area contributed by atoms with Crippen LogP contribution in [-0.4, -0.2) is 58.0 Å². The molecule has 0 atom stereocenters. The van der Waals surface area contributed by atoms with Crippen LogP contribution in [0.2, 0.25) is 0 Å². The summed E-state index contributed by atoms with van der Waals surface area (Å²) >= 11 is 1.45. The first kappa shape index (κ1) is 21.6. The summed E-state index contributed by atoms with van der Waals surface area (Å²) in [6, 6.07) is 14.0. The maximum absolute atomic E-state index is 12.9. The highest BCUT2D eigenvalue weighted by molar-refractivity contribution is 7.19. The van der Waals surface area contributed by atoms with Crippen molar-refractivity contribution in [2.24, 2.45) is 0 Å². The molecule has 0 spiro atoms. The predicted octanol–water partition coefficient (Wildman–Crippen LogP) is 4.67. The Hall–Kier alpha value is -3.28. The predicted molar refractivity (Wildman–Crippen MR) is 130 cm³/mol. The number of carbonyl (C=O) groups excluding carboxylic acids is 1. The van der Waals surface area contributed by atoms with Crippen molar-refractivity contribution in [1.82, 2.24) is 19.8 Å². The zero-order valence-corrected chi connectivity index (χ0v) is 19.7. The van der Waals surface area contributed by atoms with E-state index >= 15 is 0 Å². The molecule has 2 aromatic heterocycles. The fourth-order valence-electron chi connectivity index (χ4n) is 4.60. The average Bonchev–Trinajstić information content (AvgIpc) is 3.42. The molecule has 168 valence electrons. The summed E-state index contributed by atoms with van der Waals surface area (Å²) in [4.78, 5) is 27.4. The van der Waals surface area contributed by atoms with Gasteiger partial charge in [0.05, 0.1) is 22.2 Å². The Kier molecular flexibility index (Phi) is 5.83. The number of pyridine rings is 1. The summed E-state index contributed by atoms with van der Waals surface area (Å²) in [7, 11) is 0. The van der Waals surface area contributed by atoms with Crippen LogP contribution in [0.5, 0.6) is 0 Å². The van der Waals surface area contributed by atoms with Gasteiger partial charge in [-0.3, -0.25) is 15.2 Å². The lowest BCUT2D eigenvalue weighted by molar-refractivity contribution is 0.0776. The van der Waals surface area contributed by atoms with Crippen LogP contribution in [0.1, 0.15) is 29.8 Å². The highest BCUT2D eigenvalue weighted by Crippen LogP contribution is 2.40. The van der Waals surface area contributed by atoms with Crippen LogP contribution >= 0.6 is 11.3 Å². The largest absolute Gasteiger partial charge is 0.323 e. The molecule has 7 nitrogen and oxygen atoms in total. The molecule has 33 heavy (non-hydrogen) atoms. The van der Waals surface area contributed by atoms with Crippen LogP contribution in [0.15, 0.2) is 36.4 Å². The summed E-state index contributed by atoms with van der Waals surface area (Å²) in [6.07, 6.45) is 2.52. The van der Waals surface area contributed by atoms with Crippen molar-refractivity contribution >= 4 is 22.5 Å². The van der Waals surface area contributed by atoms with E-state index in [1.165, 1.54) is 24.2 Å². The average molecular weight is 459 g/mol. The fraction of sp³-hybridized carbons (Fsp3) is 0.360. The number of nitriles is 1. The van der Waals surface area contributed by atoms with Crippen LogP contribution in [0, 0.1) is 25.2 Å². The molecule has 2 fully saturated rings. The number of benzene rings is 1. The van der Waals surface area contributed by atoms with Crippen LogP contribution in [-0.2, 0) is 0 Å². The maximum atomic E-state index is 12.9. The molecule has 0 radical (unpaired) electrons. The number of hydrogen-bond acceptors (Lipinski definition) is 6. The fourth-order valence-corrected chi connectivity index (χ4v) is 5.56. The minimum absolute atomic E-state index is 0.106. The van der Waals surface area contributed by atoms with Crippen molar-refractivity contribution < 1.29 is 4.79 Å². The van der Waals surface area contributed by atoms with Gasteiger partial charge in [-0.25, -0.2) is 9.78 Å². The molecule has 2 aliphatic heterocycles. The Labute approximate surface area is 197 Å². The third kappa shape index (κ3) is 4.47. The van der Waals surface area contributed by atoms with Gasteiger partial charge in [-0.2, -0.15) is 5.26 Å². The number of thiazole rings is 1. The van der Waals surface area contributed by atoms with Gasteiger partial charge in [-0.05, 0) is 69.6 Å². The molecule has 8 heteroatoms. The molecule has 0 saturated carbocycles. The van der Waals surface area contributed by atoms with E-state index in [2.05, 4.69) is 21.3 Å². The van der Waals surface area contributed by atoms with Crippen LogP contribution in [0.25, 0.3) is 21.7 Å².